The maximum Gasteiger partial charge on any atom is 0.151 e. The molecule has 1 aromatic carbocycles. The lowest BCUT2D eigenvalue weighted by Gasteiger charge is -2.06. The van der Waals surface area contributed by atoms with Crippen LogP contribution in [0.5, 0.6) is 5.75 Å². The number of unbranched alkanes of at least 4 members (excludes halogenated alkanes) is 1. The number of rotatable bonds is 5. The fourth-order valence-corrected chi connectivity index (χ4v) is 1.64. The predicted molar refractivity (Wildman–Crippen MR) is 64.9 cm³/mol. The Morgan fingerprint density at radius 1 is 1.50 bits per heavy atom. The second-order valence-corrected chi connectivity index (χ2v) is 4.17. The second kappa shape index (κ2) is 6.01. The van der Waals surface area contributed by atoms with Crippen LogP contribution in [-0.4, -0.2) is 12.9 Å². The summed E-state index contributed by atoms with van der Waals surface area (Å²) in [6, 6.07) is 5.51. The lowest BCUT2D eigenvalue weighted by atomic mass is 10.2. The highest BCUT2D eigenvalue weighted by Gasteiger charge is 2.00. The lowest BCUT2D eigenvalue weighted by molar-refractivity contribution is 0.112. The van der Waals surface area contributed by atoms with Gasteiger partial charge in [0.25, 0.3) is 0 Å². The third kappa shape index (κ3) is 3.29. The first-order valence-electron chi connectivity index (χ1n) is 4.65. The zero-order valence-electron chi connectivity index (χ0n) is 8.13. The van der Waals surface area contributed by atoms with E-state index in [1.165, 1.54) is 0 Å². The summed E-state index contributed by atoms with van der Waals surface area (Å²) in [5, 5.41) is 0. The van der Waals surface area contributed by atoms with Gasteiger partial charge in [-0.1, -0.05) is 13.3 Å². The van der Waals surface area contributed by atoms with E-state index in [0.29, 0.717) is 5.56 Å². The standard InChI is InChI=1S/C11H13IO2/c1-2-3-6-14-10-5-4-9(8-13)11(12)7-10/h4-5,7-8H,2-3,6H2,1H3. The molecule has 0 radical (unpaired) electrons. The molecular formula is C11H13IO2. The quantitative estimate of drug-likeness (QED) is 0.474. The number of benzene rings is 1. The van der Waals surface area contributed by atoms with Crippen molar-refractivity contribution in [3.05, 3.63) is 27.3 Å². The number of carbonyl (C=O) groups excluding carboxylic acids is 1. The molecule has 0 fully saturated rings. The highest BCUT2D eigenvalue weighted by molar-refractivity contribution is 14.1. The summed E-state index contributed by atoms with van der Waals surface area (Å²) in [7, 11) is 0. The SMILES string of the molecule is CCCCOc1ccc(C=O)c(I)c1. The molecule has 2 nitrogen and oxygen atoms in total. The molecule has 0 saturated heterocycles. The Bertz CT molecular complexity index is 310. The molecule has 0 aliphatic heterocycles. The van der Waals surface area contributed by atoms with E-state index < -0.39 is 0 Å². The van der Waals surface area contributed by atoms with Gasteiger partial charge in [-0.15, -0.1) is 0 Å². The highest BCUT2D eigenvalue weighted by atomic mass is 127. The Balaban J connectivity index is 2.62. The number of hydrogen-bond acceptors (Lipinski definition) is 2. The lowest BCUT2D eigenvalue weighted by Crippen LogP contribution is -1.97. The molecule has 3 heteroatoms. The zero-order valence-corrected chi connectivity index (χ0v) is 10.3. The number of carbonyl (C=O) groups is 1. The molecular weight excluding hydrogens is 291 g/mol. The van der Waals surface area contributed by atoms with Crippen molar-refractivity contribution in [3.63, 3.8) is 0 Å². The second-order valence-electron chi connectivity index (χ2n) is 3.00. The van der Waals surface area contributed by atoms with E-state index in [4.69, 9.17) is 4.74 Å². The van der Waals surface area contributed by atoms with E-state index in [-0.39, 0.29) is 0 Å². The maximum absolute atomic E-state index is 10.6. The van der Waals surface area contributed by atoms with Gasteiger partial charge in [0.1, 0.15) is 5.75 Å². The van der Waals surface area contributed by atoms with Crippen LogP contribution in [0.4, 0.5) is 0 Å². The minimum absolute atomic E-state index is 0.716. The van der Waals surface area contributed by atoms with Crippen LogP contribution < -0.4 is 4.74 Å². The number of aldehydes is 1. The summed E-state index contributed by atoms with van der Waals surface area (Å²) in [5.74, 6) is 0.841. The summed E-state index contributed by atoms with van der Waals surface area (Å²) < 4.78 is 6.44. The van der Waals surface area contributed by atoms with Crippen molar-refractivity contribution in [1.29, 1.82) is 0 Å². The van der Waals surface area contributed by atoms with Crippen molar-refractivity contribution < 1.29 is 9.53 Å². The van der Waals surface area contributed by atoms with Gasteiger partial charge in [-0.3, -0.25) is 4.79 Å². The fourth-order valence-electron chi connectivity index (χ4n) is 1.03. The third-order valence-corrected chi connectivity index (χ3v) is 2.80. The van der Waals surface area contributed by atoms with Gasteiger partial charge in [0.05, 0.1) is 6.61 Å². The van der Waals surface area contributed by atoms with Crippen LogP contribution in [0.25, 0.3) is 0 Å². The topological polar surface area (TPSA) is 26.3 Å². The first kappa shape index (κ1) is 11.5. The van der Waals surface area contributed by atoms with Gasteiger partial charge in [-0.05, 0) is 47.2 Å². The average Bonchev–Trinajstić information content (AvgIpc) is 2.18. The maximum atomic E-state index is 10.6. The number of ether oxygens (including phenoxy) is 1. The largest absolute Gasteiger partial charge is 0.494 e. The van der Waals surface area contributed by atoms with Crippen LogP contribution in [0.15, 0.2) is 18.2 Å². The molecule has 0 atom stereocenters. The van der Waals surface area contributed by atoms with E-state index in [0.717, 1.165) is 35.1 Å². The highest BCUT2D eigenvalue weighted by Crippen LogP contribution is 2.18. The first-order chi connectivity index (χ1) is 6.77. The molecule has 0 aromatic heterocycles. The van der Waals surface area contributed by atoms with Crippen LogP contribution in [0.3, 0.4) is 0 Å². The van der Waals surface area contributed by atoms with Crippen molar-refractivity contribution >= 4 is 28.9 Å². The van der Waals surface area contributed by atoms with Crippen molar-refractivity contribution in [2.45, 2.75) is 19.8 Å². The zero-order chi connectivity index (χ0) is 10.4. The summed E-state index contributed by atoms with van der Waals surface area (Å²) in [5.41, 5.74) is 0.716. The van der Waals surface area contributed by atoms with Crippen molar-refractivity contribution in [1.82, 2.24) is 0 Å². The Morgan fingerprint density at radius 3 is 2.86 bits per heavy atom. The van der Waals surface area contributed by atoms with Crippen LogP contribution in [0.1, 0.15) is 30.1 Å². The molecule has 0 bridgehead atoms. The average molecular weight is 304 g/mol. The minimum Gasteiger partial charge on any atom is -0.494 e. The van der Waals surface area contributed by atoms with E-state index in [2.05, 4.69) is 29.5 Å². The molecule has 14 heavy (non-hydrogen) atoms. The Morgan fingerprint density at radius 2 is 2.29 bits per heavy atom. The Hall–Kier alpha value is -0.580. The predicted octanol–water partition coefficient (Wildman–Crippen LogP) is 3.28. The molecule has 0 aliphatic rings. The van der Waals surface area contributed by atoms with Gasteiger partial charge in [0.2, 0.25) is 0 Å². The summed E-state index contributed by atoms with van der Waals surface area (Å²) >= 11 is 2.14. The minimum atomic E-state index is 0.716. The van der Waals surface area contributed by atoms with Gasteiger partial charge in [0.15, 0.2) is 6.29 Å². The molecule has 1 rings (SSSR count). The van der Waals surface area contributed by atoms with Crippen LogP contribution in [0, 0.1) is 3.57 Å². The monoisotopic (exact) mass is 304 g/mol. The first-order valence-corrected chi connectivity index (χ1v) is 5.73. The van der Waals surface area contributed by atoms with Crippen molar-refractivity contribution in [2.24, 2.45) is 0 Å². The van der Waals surface area contributed by atoms with Crippen LogP contribution in [-0.2, 0) is 0 Å². The normalized spacial score (nSPS) is 9.86. The Labute approximate surface area is 97.8 Å². The van der Waals surface area contributed by atoms with Gasteiger partial charge in [-0.25, -0.2) is 0 Å². The number of hydrogen-bond donors (Lipinski definition) is 0. The molecule has 1 aromatic rings. The summed E-state index contributed by atoms with van der Waals surface area (Å²) in [6.07, 6.45) is 3.05. The summed E-state index contributed by atoms with van der Waals surface area (Å²) in [4.78, 5) is 10.6. The smallest absolute Gasteiger partial charge is 0.151 e. The molecule has 0 spiro atoms. The molecule has 0 heterocycles. The van der Waals surface area contributed by atoms with Gasteiger partial charge in [0, 0.05) is 9.13 Å². The van der Waals surface area contributed by atoms with E-state index in [1.807, 2.05) is 12.1 Å². The molecule has 0 aliphatic carbocycles. The van der Waals surface area contributed by atoms with Crippen molar-refractivity contribution in [2.75, 3.05) is 6.61 Å². The molecule has 0 unspecified atom stereocenters. The molecule has 76 valence electrons. The van der Waals surface area contributed by atoms with Gasteiger partial charge >= 0.3 is 0 Å². The molecule has 0 amide bonds. The van der Waals surface area contributed by atoms with E-state index in [1.54, 1.807) is 6.07 Å². The molecule has 0 N–H and O–H groups in total. The summed E-state index contributed by atoms with van der Waals surface area (Å²) in [6.45, 7) is 2.87. The molecule has 0 saturated carbocycles. The van der Waals surface area contributed by atoms with Gasteiger partial charge < -0.3 is 4.74 Å². The van der Waals surface area contributed by atoms with Gasteiger partial charge in [-0.2, -0.15) is 0 Å². The van der Waals surface area contributed by atoms with Crippen LogP contribution in [0.2, 0.25) is 0 Å². The third-order valence-electron chi connectivity index (χ3n) is 1.87. The van der Waals surface area contributed by atoms with Crippen LogP contribution >= 0.6 is 22.6 Å². The Kier molecular flexibility index (Phi) is 4.93. The number of halogens is 1. The fraction of sp³-hybridized carbons (Fsp3) is 0.364. The van der Waals surface area contributed by atoms with E-state index in [9.17, 15) is 4.79 Å². The van der Waals surface area contributed by atoms with E-state index >= 15 is 0 Å². The van der Waals surface area contributed by atoms with Crippen molar-refractivity contribution in [3.8, 4) is 5.75 Å².